The lowest BCUT2D eigenvalue weighted by Gasteiger charge is -2.34. The summed E-state index contributed by atoms with van der Waals surface area (Å²) in [6.07, 6.45) is 2.60. The normalized spacial score (nSPS) is 15.9. The van der Waals surface area contributed by atoms with Crippen LogP contribution >= 0.6 is 24.0 Å². The maximum absolute atomic E-state index is 11.6. The van der Waals surface area contributed by atoms with Gasteiger partial charge in [-0.15, -0.1) is 24.0 Å². The van der Waals surface area contributed by atoms with E-state index in [1.54, 1.807) is 14.2 Å². The Balaban J connectivity index is 0.00000420. The molecule has 1 atom stereocenters. The third-order valence-electron chi connectivity index (χ3n) is 4.90. The molecule has 1 aliphatic heterocycles. The summed E-state index contributed by atoms with van der Waals surface area (Å²) < 4.78 is 11.1. The number of amides is 1. The van der Waals surface area contributed by atoms with Crippen molar-refractivity contribution in [2.75, 3.05) is 40.3 Å². The molecule has 1 aliphatic rings. The SMILES string of the molecule is CCNC(=NCC(C)Oc1ccc(OC)cc1)N1CCC(CC(=O)NC)CC1.I. The van der Waals surface area contributed by atoms with Crippen LogP contribution in [0.1, 0.15) is 33.1 Å². The van der Waals surface area contributed by atoms with Gasteiger partial charge < -0.3 is 25.0 Å². The lowest BCUT2D eigenvalue weighted by molar-refractivity contribution is -0.121. The highest BCUT2D eigenvalue weighted by Gasteiger charge is 2.23. The molecule has 7 nitrogen and oxygen atoms in total. The first-order valence-electron chi connectivity index (χ1n) is 10.1. The molecule has 1 aromatic rings. The number of carbonyl (C=O) groups is 1. The molecule has 0 aliphatic carbocycles. The Labute approximate surface area is 191 Å². The Bertz CT molecular complexity index is 631. The van der Waals surface area contributed by atoms with Gasteiger partial charge in [-0.2, -0.15) is 0 Å². The first-order chi connectivity index (χ1) is 13.5. The van der Waals surface area contributed by atoms with E-state index in [4.69, 9.17) is 14.5 Å². The summed E-state index contributed by atoms with van der Waals surface area (Å²) in [4.78, 5) is 18.6. The van der Waals surface area contributed by atoms with Gasteiger partial charge in [0.15, 0.2) is 5.96 Å². The molecule has 0 saturated carbocycles. The zero-order chi connectivity index (χ0) is 20.4. The topological polar surface area (TPSA) is 75.2 Å². The standard InChI is InChI=1S/C21H34N4O3.HI/c1-5-23-21(25-12-10-17(11-13-25)14-20(26)22-3)24-15-16(2)28-19-8-6-18(27-4)7-9-19;/h6-9,16-17H,5,10-15H2,1-4H3,(H,22,26)(H,23,24);1H. The van der Waals surface area contributed by atoms with Crippen LogP contribution in [0.15, 0.2) is 29.3 Å². The van der Waals surface area contributed by atoms with Crippen LogP contribution in [0.2, 0.25) is 0 Å². The maximum atomic E-state index is 11.6. The number of guanidine groups is 1. The number of aliphatic imine (C=N–C) groups is 1. The Kier molecular flexibility index (Phi) is 11.8. The number of nitrogens with one attached hydrogen (secondary N) is 2. The fourth-order valence-electron chi connectivity index (χ4n) is 3.28. The lowest BCUT2D eigenvalue weighted by atomic mass is 9.93. The molecule has 2 N–H and O–H groups in total. The largest absolute Gasteiger partial charge is 0.497 e. The summed E-state index contributed by atoms with van der Waals surface area (Å²) in [7, 11) is 3.35. The van der Waals surface area contributed by atoms with Gasteiger partial charge in [0.2, 0.25) is 5.91 Å². The van der Waals surface area contributed by atoms with Crippen molar-refractivity contribution in [3.8, 4) is 11.5 Å². The molecule has 1 amide bonds. The average Bonchev–Trinajstić information content (AvgIpc) is 2.72. The lowest BCUT2D eigenvalue weighted by Crippen LogP contribution is -2.46. The summed E-state index contributed by atoms with van der Waals surface area (Å²) in [5.74, 6) is 3.13. The number of benzene rings is 1. The number of ether oxygens (including phenoxy) is 2. The number of nitrogens with zero attached hydrogens (tertiary/aromatic N) is 2. The Morgan fingerprint density at radius 1 is 1.24 bits per heavy atom. The molecule has 1 unspecified atom stereocenters. The van der Waals surface area contributed by atoms with Crippen molar-refractivity contribution >= 4 is 35.8 Å². The van der Waals surface area contributed by atoms with E-state index in [2.05, 4.69) is 22.5 Å². The Hall–Kier alpha value is -1.71. The van der Waals surface area contributed by atoms with Crippen molar-refractivity contribution in [3.63, 3.8) is 0 Å². The van der Waals surface area contributed by atoms with Crippen molar-refractivity contribution < 1.29 is 14.3 Å². The second-order valence-electron chi connectivity index (χ2n) is 7.11. The molecule has 1 saturated heterocycles. The van der Waals surface area contributed by atoms with Crippen molar-refractivity contribution in [3.05, 3.63) is 24.3 Å². The molecule has 0 radical (unpaired) electrons. The van der Waals surface area contributed by atoms with E-state index in [0.29, 0.717) is 18.9 Å². The molecular formula is C21H35IN4O3. The number of hydrogen-bond acceptors (Lipinski definition) is 4. The van der Waals surface area contributed by atoms with E-state index >= 15 is 0 Å². The second kappa shape index (κ2) is 13.5. The van der Waals surface area contributed by atoms with Crippen LogP contribution < -0.4 is 20.1 Å². The van der Waals surface area contributed by atoms with E-state index < -0.39 is 0 Å². The summed E-state index contributed by atoms with van der Waals surface area (Å²) in [5, 5.41) is 6.09. The Morgan fingerprint density at radius 2 is 1.86 bits per heavy atom. The quantitative estimate of drug-likeness (QED) is 0.315. The van der Waals surface area contributed by atoms with Gasteiger partial charge in [0.25, 0.3) is 0 Å². The van der Waals surface area contributed by atoms with Crippen LogP contribution in [0, 0.1) is 5.92 Å². The van der Waals surface area contributed by atoms with E-state index in [9.17, 15) is 4.79 Å². The molecule has 1 heterocycles. The van der Waals surface area contributed by atoms with Crippen LogP contribution in [0.4, 0.5) is 0 Å². The molecule has 1 fully saturated rings. The summed E-state index contributed by atoms with van der Waals surface area (Å²) >= 11 is 0. The molecule has 29 heavy (non-hydrogen) atoms. The number of methoxy groups -OCH3 is 1. The number of rotatable bonds is 8. The molecule has 0 aromatic heterocycles. The first-order valence-corrected chi connectivity index (χ1v) is 10.1. The summed E-state index contributed by atoms with van der Waals surface area (Å²) in [5.41, 5.74) is 0. The maximum Gasteiger partial charge on any atom is 0.220 e. The highest BCUT2D eigenvalue weighted by Crippen LogP contribution is 2.21. The van der Waals surface area contributed by atoms with Gasteiger partial charge in [0.1, 0.15) is 17.6 Å². The third kappa shape index (κ3) is 8.67. The number of halogens is 1. The monoisotopic (exact) mass is 518 g/mol. The van der Waals surface area contributed by atoms with Gasteiger partial charge in [-0.1, -0.05) is 0 Å². The molecule has 1 aromatic carbocycles. The van der Waals surface area contributed by atoms with Gasteiger partial charge in [-0.25, -0.2) is 4.99 Å². The summed E-state index contributed by atoms with van der Waals surface area (Å²) in [6.45, 7) is 7.33. The molecule has 2 rings (SSSR count). The van der Waals surface area contributed by atoms with Gasteiger partial charge in [-0.05, 0) is 56.9 Å². The predicted octanol–water partition coefficient (Wildman–Crippen LogP) is 2.89. The number of carbonyl (C=O) groups excluding carboxylic acids is 1. The van der Waals surface area contributed by atoms with E-state index in [0.717, 1.165) is 49.9 Å². The number of piperidine rings is 1. The fraction of sp³-hybridized carbons (Fsp3) is 0.619. The molecule has 164 valence electrons. The first kappa shape index (κ1) is 25.3. The smallest absolute Gasteiger partial charge is 0.220 e. The molecule has 0 spiro atoms. The van der Waals surface area contributed by atoms with Gasteiger partial charge in [0, 0.05) is 33.1 Å². The summed E-state index contributed by atoms with van der Waals surface area (Å²) in [6, 6.07) is 7.58. The second-order valence-corrected chi connectivity index (χ2v) is 7.11. The predicted molar refractivity (Wildman–Crippen MR) is 127 cm³/mol. The van der Waals surface area contributed by atoms with Crippen LogP contribution in [0.5, 0.6) is 11.5 Å². The van der Waals surface area contributed by atoms with E-state index in [-0.39, 0.29) is 36.0 Å². The van der Waals surface area contributed by atoms with Crippen molar-refractivity contribution in [2.24, 2.45) is 10.9 Å². The van der Waals surface area contributed by atoms with Crippen molar-refractivity contribution in [1.82, 2.24) is 15.5 Å². The van der Waals surface area contributed by atoms with Crippen LogP contribution in [0.3, 0.4) is 0 Å². The van der Waals surface area contributed by atoms with Crippen LogP contribution in [0.25, 0.3) is 0 Å². The van der Waals surface area contributed by atoms with Gasteiger partial charge >= 0.3 is 0 Å². The molecule has 0 bridgehead atoms. The third-order valence-corrected chi connectivity index (χ3v) is 4.90. The van der Waals surface area contributed by atoms with Crippen LogP contribution in [-0.4, -0.2) is 63.2 Å². The van der Waals surface area contributed by atoms with Crippen molar-refractivity contribution in [1.29, 1.82) is 0 Å². The number of hydrogen-bond donors (Lipinski definition) is 2. The van der Waals surface area contributed by atoms with Crippen LogP contribution in [-0.2, 0) is 4.79 Å². The highest BCUT2D eigenvalue weighted by atomic mass is 127. The molecule has 8 heteroatoms. The van der Waals surface area contributed by atoms with Gasteiger partial charge in [-0.3, -0.25) is 4.79 Å². The molecular weight excluding hydrogens is 483 g/mol. The van der Waals surface area contributed by atoms with E-state index in [1.807, 2.05) is 31.2 Å². The number of likely N-dealkylation sites (tertiary alicyclic amines) is 1. The Morgan fingerprint density at radius 3 is 2.41 bits per heavy atom. The average molecular weight is 518 g/mol. The minimum atomic E-state index is -0.0344. The zero-order valence-corrected chi connectivity index (χ0v) is 20.3. The minimum absolute atomic E-state index is 0. The zero-order valence-electron chi connectivity index (χ0n) is 17.9. The van der Waals surface area contributed by atoms with Crippen molar-refractivity contribution in [2.45, 2.75) is 39.2 Å². The fourth-order valence-corrected chi connectivity index (χ4v) is 3.28. The minimum Gasteiger partial charge on any atom is -0.497 e. The van der Waals surface area contributed by atoms with E-state index in [1.165, 1.54) is 0 Å². The van der Waals surface area contributed by atoms with Gasteiger partial charge in [0.05, 0.1) is 13.7 Å². The highest BCUT2D eigenvalue weighted by molar-refractivity contribution is 14.0.